The van der Waals surface area contributed by atoms with Crippen LogP contribution in [0.5, 0.6) is 0 Å². The average Bonchev–Trinajstić information content (AvgIpc) is 3.25. The van der Waals surface area contributed by atoms with Crippen LogP contribution in [0.1, 0.15) is 50.5 Å². The number of hydrogen-bond acceptors (Lipinski definition) is 6. The zero-order chi connectivity index (χ0) is 23.8. The molecule has 0 saturated carbocycles. The highest BCUT2D eigenvalue weighted by Crippen LogP contribution is 2.42. The van der Waals surface area contributed by atoms with Gasteiger partial charge in [0, 0.05) is 18.5 Å². The third-order valence-electron chi connectivity index (χ3n) is 6.58. The summed E-state index contributed by atoms with van der Waals surface area (Å²) in [4.78, 5) is 40.6. The van der Waals surface area contributed by atoms with E-state index in [1.807, 2.05) is 45.0 Å². The number of hydrogen-bond donors (Lipinski definition) is 1. The van der Waals surface area contributed by atoms with Crippen LogP contribution in [-0.2, 0) is 25.5 Å². The lowest BCUT2D eigenvalue weighted by Crippen LogP contribution is -2.55. The fourth-order valence-corrected chi connectivity index (χ4v) is 4.58. The first-order valence-electron chi connectivity index (χ1n) is 10.9. The smallest absolute Gasteiger partial charge is 0.246 e. The van der Waals surface area contributed by atoms with Gasteiger partial charge in [-0.3, -0.25) is 19.3 Å². The van der Waals surface area contributed by atoms with E-state index in [2.05, 4.69) is 0 Å². The number of benzene rings is 1. The fourth-order valence-electron chi connectivity index (χ4n) is 4.58. The molecule has 0 spiro atoms. The monoisotopic (exact) mass is 442 g/mol. The molecule has 32 heavy (non-hydrogen) atoms. The molecular formula is C25H34N2O5. The maximum Gasteiger partial charge on any atom is 0.246 e. The van der Waals surface area contributed by atoms with Crippen LogP contribution >= 0.6 is 0 Å². The number of ketones is 1. The first-order valence-corrected chi connectivity index (χ1v) is 10.9. The second kappa shape index (κ2) is 8.89. The van der Waals surface area contributed by atoms with Gasteiger partial charge in [0.1, 0.15) is 6.79 Å². The number of likely N-dealkylation sites (N-methyl/N-ethyl adjacent to an activating group) is 1. The van der Waals surface area contributed by atoms with Crippen molar-refractivity contribution in [2.75, 3.05) is 20.4 Å². The molecule has 3 atom stereocenters. The fraction of sp³-hybridized carbons (Fsp3) is 0.560. The zero-order valence-corrected chi connectivity index (χ0v) is 19.8. The number of fused-ring (bicyclic) bond motifs is 1. The van der Waals surface area contributed by atoms with Gasteiger partial charge in [0.2, 0.25) is 11.8 Å². The van der Waals surface area contributed by atoms with Crippen LogP contribution in [0.2, 0.25) is 0 Å². The summed E-state index contributed by atoms with van der Waals surface area (Å²) in [5.41, 5.74) is 7.01. The van der Waals surface area contributed by atoms with Crippen molar-refractivity contribution in [1.82, 2.24) is 4.90 Å². The summed E-state index contributed by atoms with van der Waals surface area (Å²) in [6.07, 6.45) is 1.74. The molecule has 2 amide bonds. The summed E-state index contributed by atoms with van der Waals surface area (Å²) in [5.74, 6) is -1.34. The molecule has 0 radical (unpaired) electrons. The summed E-state index contributed by atoms with van der Waals surface area (Å²) in [6, 6.07) is 6.66. The Hall–Kier alpha value is -2.35. The molecule has 174 valence electrons. The van der Waals surface area contributed by atoms with E-state index in [0.29, 0.717) is 18.6 Å². The van der Waals surface area contributed by atoms with E-state index in [4.69, 9.17) is 15.2 Å². The van der Waals surface area contributed by atoms with Gasteiger partial charge in [-0.1, -0.05) is 64.5 Å². The lowest BCUT2D eigenvalue weighted by atomic mass is 9.67. The van der Waals surface area contributed by atoms with Gasteiger partial charge in [-0.25, -0.2) is 0 Å². The van der Waals surface area contributed by atoms with Crippen LogP contribution in [0.15, 0.2) is 35.9 Å². The molecule has 2 aliphatic rings. The number of rotatable bonds is 5. The van der Waals surface area contributed by atoms with Crippen molar-refractivity contribution in [2.24, 2.45) is 22.5 Å². The van der Waals surface area contributed by atoms with Crippen LogP contribution in [0.25, 0.3) is 0 Å². The molecule has 1 fully saturated rings. The van der Waals surface area contributed by atoms with Gasteiger partial charge in [0.25, 0.3) is 0 Å². The Balaban J connectivity index is 1.96. The van der Waals surface area contributed by atoms with Crippen molar-refractivity contribution < 1.29 is 23.9 Å². The summed E-state index contributed by atoms with van der Waals surface area (Å²) in [7, 11) is 1.47. The van der Waals surface area contributed by atoms with E-state index in [-0.39, 0.29) is 18.5 Å². The molecule has 1 aromatic carbocycles. The quantitative estimate of drug-likeness (QED) is 0.753. The van der Waals surface area contributed by atoms with Crippen molar-refractivity contribution in [3.8, 4) is 0 Å². The van der Waals surface area contributed by atoms with E-state index in [0.717, 1.165) is 16.0 Å². The molecule has 1 aliphatic carbocycles. The van der Waals surface area contributed by atoms with Crippen LogP contribution in [0, 0.1) is 16.7 Å². The largest absolute Gasteiger partial charge is 0.353 e. The van der Waals surface area contributed by atoms with Crippen LogP contribution in [0.3, 0.4) is 0 Å². The van der Waals surface area contributed by atoms with Gasteiger partial charge in [-0.05, 0) is 23.5 Å². The van der Waals surface area contributed by atoms with Crippen LogP contribution < -0.4 is 5.73 Å². The van der Waals surface area contributed by atoms with E-state index >= 15 is 0 Å². The number of nitrogens with two attached hydrogens (primary N) is 1. The Kier molecular flexibility index (Phi) is 6.75. The number of amides is 2. The average molecular weight is 443 g/mol. The minimum atomic E-state index is -1.04. The normalized spacial score (nSPS) is 20.9. The third-order valence-corrected chi connectivity index (χ3v) is 6.58. The van der Waals surface area contributed by atoms with E-state index < -0.39 is 34.8 Å². The molecule has 0 bridgehead atoms. The lowest BCUT2D eigenvalue weighted by molar-refractivity contribution is -0.154. The summed E-state index contributed by atoms with van der Waals surface area (Å²) in [5, 5.41) is 0. The Bertz CT molecular complexity index is 938. The number of carbonyl (C=O) groups excluding carboxylic acids is 3. The number of carbonyl (C=O) groups is 3. The highest BCUT2D eigenvalue weighted by Gasteiger charge is 2.48. The first-order chi connectivity index (χ1) is 14.9. The van der Waals surface area contributed by atoms with E-state index in [1.54, 1.807) is 19.9 Å². The number of allylic oxidation sites excluding steroid dienone is 1. The van der Waals surface area contributed by atoms with Gasteiger partial charge >= 0.3 is 0 Å². The summed E-state index contributed by atoms with van der Waals surface area (Å²) in [6.45, 7) is 9.62. The molecule has 7 nitrogen and oxygen atoms in total. The first kappa shape index (κ1) is 24.3. The number of imide groups is 1. The molecule has 1 saturated heterocycles. The Morgan fingerprint density at radius 1 is 1.16 bits per heavy atom. The second-order valence-corrected chi connectivity index (χ2v) is 10.4. The highest BCUT2D eigenvalue weighted by molar-refractivity contribution is 6.07. The molecule has 3 rings (SSSR count). The van der Waals surface area contributed by atoms with Crippen molar-refractivity contribution in [1.29, 1.82) is 0 Å². The van der Waals surface area contributed by atoms with Gasteiger partial charge in [0.15, 0.2) is 5.78 Å². The Morgan fingerprint density at radius 3 is 2.41 bits per heavy atom. The predicted molar refractivity (Wildman–Crippen MR) is 121 cm³/mol. The highest BCUT2D eigenvalue weighted by atomic mass is 16.7. The molecule has 2 N–H and O–H groups in total. The van der Waals surface area contributed by atoms with E-state index in [1.165, 1.54) is 7.05 Å². The van der Waals surface area contributed by atoms with Crippen molar-refractivity contribution in [2.45, 2.75) is 53.2 Å². The van der Waals surface area contributed by atoms with E-state index in [9.17, 15) is 14.4 Å². The molecular weight excluding hydrogens is 408 g/mol. The SMILES string of the molecule is CN(C(=O)[C@H](N)C(C)(C)C)C(=O)C(C)(C)C(C1=CC(=O)c2ccccc2C1)[C@H]1COCO1. The standard InChI is InChI=1S/C25H34N2O5/c1-24(2,3)21(26)22(29)27(6)23(30)25(4,5)20(19-13-31-14-32-19)16-11-15-9-7-8-10-17(15)18(28)12-16/h7-10,12,19-21H,11,13-14,26H2,1-6H3/t19-,20?,21+/m1/s1. The maximum absolute atomic E-state index is 13.6. The minimum absolute atomic E-state index is 0.0896. The summed E-state index contributed by atoms with van der Waals surface area (Å²) >= 11 is 0. The molecule has 1 aromatic rings. The van der Waals surface area contributed by atoms with Crippen LogP contribution in [0.4, 0.5) is 0 Å². The third kappa shape index (κ3) is 4.56. The maximum atomic E-state index is 13.6. The zero-order valence-electron chi connectivity index (χ0n) is 19.8. The Labute approximate surface area is 189 Å². The molecule has 0 aromatic heterocycles. The van der Waals surface area contributed by atoms with Gasteiger partial charge in [-0.15, -0.1) is 0 Å². The summed E-state index contributed by atoms with van der Waals surface area (Å²) < 4.78 is 11.3. The molecule has 1 heterocycles. The molecule has 1 unspecified atom stereocenters. The number of nitrogens with zero attached hydrogens (tertiary/aromatic N) is 1. The number of ether oxygens (including phenoxy) is 2. The van der Waals surface area contributed by atoms with Gasteiger partial charge in [0.05, 0.1) is 24.2 Å². The van der Waals surface area contributed by atoms with Crippen molar-refractivity contribution in [3.05, 3.63) is 47.0 Å². The van der Waals surface area contributed by atoms with Gasteiger partial charge < -0.3 is 15.2 Å². The van der Waals surface area contributed by atoms with Crippen LogP contribution in [-0.4, -0.2) is 55.1 Å². The predicted octanol–water partition coefficient (Wildman–Crippen LogP) is 2.73. The van der Waals surface area contributed by atoms with Gasteiger partial charge in [-0.2, -0.15) is 0 Å². The van der Waals surface area contributed by atoms with Crippen molar-refractivity contribution >= 4 is 17.6 Å². The van der Waals surface area contributed by atoms with Crippen molar-refractivity contribution in [3.63, 3.8) is 0 Å². The molecule has 7 heteroatoms. The lowest BCUT2D eigenvalue weighted by Gasteiger charge is -2.41. The Morgan fingerprint density at radius 2 is 1.81 bits per heavy atom. The second-order valence-electron chi connectivity index (χ2n) is 10.4. The molecule has 1 aliphatic heterocycles. The minimum Gasteiger partial charge on any atom is -0.353 e. The topological polar surface area (TPSA) is 98.9 Å².